The number of aliphatic imine (C=N–C) groups is 1. The minimum atomic E-state index is 0.765. The smallest absolute Gasteiger partial charge is 0.0946 e. The molecule has 0 fully saturated rings. The minimum Gasteiger partial charge on any atom is -0.335 e. The Morgan fingerprint density at radius 3 is 2.79 bits per heavy atom. The Morgan fingerprint density at radius 1 is 1.50 bits per heavy atom. The van der Waals surface area contributed by atoms with E-state index in [2.05, 4.69) is 11.6 Å². The molecule has 0 saturated heterocycles. The molecule has 0 aliphatic heterocycles. The van der Waals surface area contributed by atoms with E-state index >= 15 is 0 Å². The van der Waals surface area contributed by atoms with Gasteiger partial charge in [0.05, 0.1) is 6.34 Å². The molecule has 0 spiro atoms. The molecule has 0 N–H and O–H groups in total. The van der Waals surface area contributed by atoms with Crippen molar-refractivity contribution in [3.05, 3.63) is 41.6 Å². The zero-order valence-corrected chi connectivity index (χ0v) is 9.12. The summed E-state index contributed by atoms with van der Waals surface area (Å²) in [4.78, 5) is 5.80. The van der Waals surface area contributed by atoms with E-state index in [0.29, 0.717) is 0 Å². The number of rotatable bonds is 3. The SMILES string of the molecule is C=CN=CN(C)c1ccc(C)c(Cl)c1. The van der Waals surface area contributed by atoms with E-state index in [-0.39, 0.29) is 0 Å². The van der Waals surface area contributed by atoms with Crippen LogP contribution >= 0.6 is 11.6 Å². The van der Waals surface area contributed by atoms with Crippen molar-refractivity contribution in [1.82, 2.24) is 0 Å². The Kier molecular flexibility index (Phi) is 3.72. The highest BCUT2D eigenvalue weighted by atomic mass is 35.5. The van der Waals surface area contributed by atoms with E-state index in [1.54, 1.807) is 6.34 Å². The molecule has 1 aromatic carbocycles. The second-order valence-electron chi connectivity index (χ2n) is 2.99. The maximum Gasteiger partial charge on any atom is 0.0946 e. The molecular formula is C11H13ClN2. The van der Waals surface area contributed by atoms with Crippen LogP contribution < -0.4 is 4.90 Å². The molecule has 0 amide bonds. The Balaban J connectivity index is 2.90. The average molecular weight is 209 g/mol. The minimum absolute atomic E-state index is 0.765. The molecule has 0 bridgehead atoms. The van der Waals surface area contributed by atoms with Gasteiger partial charge in [-0.15, -0.1) is 0 Å². The molecule has 1 rings (SSSR count). The molecule has 0 aliphatic rings. The first-order chi connectivity index (χ1) is 6.65. The summed E-state index contributed by atoms with van der Waals surface area (Å²) in [5.41, 5.74) is 2.08. The third kappa shape index (κ3) is 2.60. The molecule has 14 heavy (non-hydrogen) atoms. The summed E-state index contributed by atoms with van der Waals surface area (Å²) in [5, 5.41) is 0.765. The fourth-order valence-electron chi connectivity index (χ4n) is 1.01. The Morgan fingerprint density at radius 2 is 2.21 bits per heavy atom. The van der Waals surface area contributed by atoms with Crippen LogP contribution in [0.1, 0.15) is 5.56 Å². The van der Waals surface area contributed by atoms with Crippen LogP contribution in [-0.4, -0.2) is 13.4 Å². The Hall–Kier alpha value is -1.28. The predicted octanol–water partition coefficient (Wildman–Crippen LogP) is 3.26. The molecule has 0 heterocycles. The van der Waals surface area contributed by atoms with E-state index in [0.717, 1.165) is 16.3 Å². The number of benzene rings is 1. The lowest BCUT2D eigenvalue weighted by Crippen LogP contribution is -2.13. The molecule has 2 nitrogen and oxygen atoms in total. The van der Waals surface area contributed by atoms with Gasteiger partial charge in [-0.05, 0) is 24.6 Å². The van der Waals surface area contributed by atoms with Gasteiger partial charge in [-0.1, -0.05) is 24.2 Å². The van der Waals surface area contributed by atoms with Crippen molar-refractivity contribution in [2.45, 2.75) is 6.92 Å². The monoisotopic (exact) mass is 208 g/mol. The summed E-state index contributed by atoms with van der Waals surface area (Å²) in [5.74, 6) is 0. The molecule has 3 heteroatoms. The zero-order chi connectivity index (χ0) is 10.6. The summed E-state index contributed by atoms with van der Waals surface area (Å²) in [6, 6.07) is 5.89. The zero-order valence-electron chi connectivity index (χ0n) is 8.37. The highest BCUT2D eigenvalue weighted by Crippen LogP contribution is 2.21. The number of halogens is 1. The topological polar surface area (TPSA) is 15.6 Å². The molecular weight excluding hydrogens is 196 g/mol. The van der Waals surface area contributed by atoms with Crippen molar-refractivity contribution in [3.8, 4) is 0 Å². The molecule has 0 atom stereocenters. The lowest BCUT2D eigenvalue weighted by Gasteiger charge is -2.13. The number of hydrogen-bond acceptors (Lipinski definition) is 1. The second kappa shape index (κ2) is 4.82. The van der Waals surface area contributed by atoms with Crippen molar-refractivity contribution in [2.75, 3.05) is 11.9 Å². The second-order valence-corrected chi connectivity index (χ2v) is 3.40. The summed E-state index contributed by atoms with van der Waals surface area (Å²) < 4.78 is 0. The van der Waals surface area contributed by atoms with Gasteiger partial charge in [-0.3, -0.25) is 0 Å². The first-order valence-corrected chi connectivity index (χ1v) is 4.66. The summed E-state index contributed by atoms with van der Waals surface area (Å²) in [7, 11) is 1.91. The van der Waals surface area contributed by atoms with E-state index in [4.69, 9.17) is 11.6 Å². The van der Waals surface area contributed by atoms with Crippen molar-refractivity contribution < 1.29 is 0 Å². The largest absolute Gasteiger partial charge is 0.335 e. The van der Waals surface area contributed by atoms with Crippen LogP contribution in [0.3, 0.4) is 0 Å². The molecule has 0 radical (unpaired) electrons. The third-order valence-corrected chi connectivity index (χ3v) is 2.32. The fraction of sp³-hybridized carbons (Fsp3) is 0.182. The van der Waals surface area contributed by atoms with Crippen LogP contribution in [0.2, 0.25) is 5.02 Å². The van der Waals surface area contributed by atoms with Crippen LogP contribution in [0.5, 0.6) is 0 Å². The van der Waals surface area contributed by atoms with Gasteiger partial charge in [0.15, 0.2) is 0 Å². The van der Waals surface area contributed by atoms with Crippen LogP contribution in [0.25, 0.3) is 0 Å². The number of anilines is 1. The quantitative estimate of drug-likeness (QED) is 0.550. The first-order valence-electron chi connectivity index (χ1n) is 4.28. The number of hydrogen-bond donors (Lipinski definition) is 0. The van der Waals surface area contributed by atoms with E-state index in [9.17, 15) is 0 Å². The molecule has 0 aliphatic carbocycles. The average Bonchev–Trinajstić information content (AvgIpc) is 2.18. The van der Waals surface area contributed by atoms with Gasteiger partial charge in [0.25, 0.3) is 0 Å². The maximum atomic E-state index is 6.00. The van der Waals surface area contributed by atoms with E-state index in [1.165, 1.54) is 6.20 Å². The van der Waals surface area contributed by atoms with Gasteiger partial charge in [-0.2, -0.15) is 0 Å². The van der Waals surface area contributed by atoms with Crippen molar-refractivity contribution in [1.29, 1.82) is 0 Å². The molecule has 1 aromatic rings. The van der Waals surface area contributed by atoms with Crippen molar-refractivity contribution >= 4 is 23.6 Å². The molecule has 0 aromatic heterocycles. The molecule has 74 valence electrons. The van der Waals surface area contributed by atoms with E-state index < -0.39 is 0 Å². The molecule has 0 unspecified atom stereocenters. The lowest BCUT2D eigenvalue weighted by molar-refractivity contribution is 1.28. The van der Waals surface area contributed by atoms with Crippen LogP contribution in [0.4, 0.5) is 5.69 Å². The normalized spacial score (nSPS) is 10.5. The van der Waals surface area contributed by atoms with Gasteiger partial charge in [-0.25, -0.2) is 4.99 Å². The van der Waals surface area contributed by atoms with Crippen molar-refractivity contribution in [2.24, 2.45) is 4.99 Å². The summed E-state index contributed by atoms with van der Waals surface area (Å²) >= 11 is 6.00. The Labute approximate surface area is 89.5 Å². The van der Waals surface area contributed by atoms with Gasteiger partial charge in [0.1, 0.15) is 0 Å². The van der Waals surface area contributed by atoms with Gasteiger partial charge in [0.2, 0.25) is 0 Å². The maximum absolute atomic E-state index is 6.00. The van der Waals surface area contributed by atoms with Crippen LogP contribution in [0.15, 0.2) is 36.0 Å². The highest BCUT2D eigenvalue weighted by Gasteiger charge is 2.00. The van der Waals surface area contributed by atoms with Crippen LogP contribution in [0, 0.1) is 6.92 Å². The number of aryl methyl sites for hydroxylation is 1. The van der Waals surface area contributed by atoms with Crippen LogP contribution in [-0.2, 0) is 0 Å². The summed E-state index contributed by atoms with van der Waals surface area (Å²) in [6.07, 6.45) is 3.18. The van der Waals surface area contributed by atoms with Crippen molar-refractivity contribution in [3.63, 3.8) is 0 Å². The predicted molar refractivity (Wildman–Crippen MR) is 63.3 cm³/mol. The number of nitrogens with zero attached hydrogens (tertiary/aromatic N) is 2. The third-order valence-electron chi connectivity index (χ3n) is 1.91. The van der Waals surface area contributed by atoms with Gasteiger partial charge in [0, 0.05) is 24.0 Å². The molecule has 0 saturated carbocycles. The van der Waals surface area contributed by atoms with Gasteiger partial charge < -0.3 is 4.90 Å². The standard InChI is InChI=1S/C11H13ClN2/c1-4-13-8-14(3)10-6-5-9(2)11(12)7-10/h4-8H,1H2,2-3H3. The fourth-order valence-corrected chi connectivity index (χ4v) is 1.19. The summed E-state index contributed by atoms with van der Waals surface area (Å²) in [6.45, 7) is 5.48. The Bertz CT molecular complexity index is 358. The first kappa shape index (κ1) is 10.8. The lowest BCUT2D eigenvalue weighted by atomic mass is 10.2. The van der Waals surface area contributed by atoms with Gasteiger partial charge >= 0.3 is 0 Å². The van der Waals surface area contributed by atoms with E-state index in [1.807, 2.05) is 37.1 Å². The highest BCUT2D eigenvalue weighted by molar-refractivity contribution is 6.31.